The number of amides is 1. The smallest absolute Gasteiger partial charge is 0.242 e. The van der Waals surface area contributed by atoms with Gasteiger partial charge in [-0.05, 0) is 26.8 Å². The fraction of sp³-hybridized carbons (Fsp3) is 0.333. The van der Waals surface area contributed by atoms with Gasteiger partial charge in [-0.25, -0.2) is 0 Å². The zero-order valence-corrected chi connectivity index (χ0v) is 11.6. The molecule has 0 unspecified atom stereocenters. The van der Waals surface area contributed by atoms with Gasteiger partial charge in [-0.1, -0.05) is 5.16 Å². The third-order valence-electron chi connectivity index (χ3n) is 2.59. The zero-order valence-electron chi connectivity index (χ0n) is 10.8. The van der Waals surface area contributed by atoms with Crippen LogP contribution < -0.4 is 5.32 Å². The summed E-state index contributed by atoms with van der Waals surface area (Å²) >= 11 is 0. The molecular weight excluding hydrogens is 268 g/mol. The standard InChI is InChI=1S/C12H14N2O4S/c1-7-6-11(18-14-7)13-12(15)9(3)19(16)10-4-5-17-8(10)2/h4-6,9H,1-3H3,(H,13,15)/t9-,19+/m1/s1. The molecule has 102 valence electrons. The lowest BCUT2D eigenvalue weighted by molar-refractivity contribution is -0.115. The van der Waals surface area contributed by atoms with Crippen molar-refractivity contribution in [1.29, 1.82) is 0 Å². The summed E-state index contributed by atoms with van der Waals surface area (Å²) in [4.78, 5) is 12.5. The van der Waals surface area contributed by atoms with E-state index in [1.165, 1.54) is 6.26 Å². The minimum absolute atomic E-state index is 0.246. The molecule has 0 saturated carbocycles. The number of nitrogens with zero attached hydrogens (tertiary/aromatic N) is 1. The number of anilines is 1. The van der Waals surface area contributed by atoms with Crippen LogP contribution in [0.1, 0.15) is 18.4 Å². The Hall–Kier alpha value is -1.89. The molecule has 2 aromatic rings. The predicted octanol–water partition coefficient (Wildman–Crippen LogP) is 2.02. The number of furan rings is 1. The molecule has 0 aliphatic carbocycles. The second kappa shape index (κ2) is 5.40. The first-order valence-electron chi connectivity index (χ1n) is 5.68. The summed E-state index contributed by atoms with van der Waals surface area (Å²) in [5, 5.41) is 5.47. The number of aromatic nitrogens is 1. The average molecular weight is 282 g/mol. The van der Waals surface area contributed by atoms with Gasteiger partial charge in [0, 0.05) is 6.07 Å². The van der Waals surface area contributed by atoms with Gasteiger partial charge in [0.2, 0.25) is 11.8 Å². The summed E-state index contributed by atoms with van der Waals surface area (Å²) in [7, 11) is -1.47. The topological polar surface area (TPSA) is 85.3 Å². The number of nitrogens with one attached hydrogen (secondary N) is 1. The molecule has 0 aliphatic rings. The van der Waals surface area contributed by atoms with Crippen LogP contribution in [0, 0.1) is 13.8 Å². The van der Waals surface area contributed by atoms with E-state index in [4.69, 9.17) is 8.94 Å². The molecule has 0 radical (unpaired) electrons. The summed E-state index contributed by atoms with van der Waals surface area (Å²) in [6.45, 7) is 5.04. The number of aryl methyl sites for hydroxylation is 2. The van der Waals surface area contributed by atoms with Crippen LogP contribution in [0.25, 0.3) is 0 Å². The molecule has 2 rings (SSSR count). The Kier molecular flexibility index (Phi) is 3.84. The molecule has 1 amide bonds. The number of rotatable bonds is 4. The molecule has 6 nitrogen and oxygen atoms in total. The number of hydrogen-bond acceptors (Lipinski definition) is 5. The summed E-state index contributed by atoms with van der Waals surface area (Å²) in [5.74, 6) is 0.402. The second-order valence-electron chi connectivity index (χ2n) is 4.10. The Morgan fingerprint density at radius 2 is 2.21 bits per heavy atom. The normalized spacial score (nSPS) is 14.1. The molecular formula is C12H14N2O4S. The van der Waals surface area contributed by atoms with E-state index in [0.717, 1.165) is 0 Å². The quantitative estimate of drug-likeness (QED) is 0.927. The van der Waals surface area contributed by atoms with Crippen molar-refractivity contribution in [2.24, 2.45) is 0 Å². The highest BCUT2D eigenvalue weighted by molar-refractivity contribution is 7.86. The number of carbonyl (C=O) groups is 1. The van der Waals surface area contributed by atoms with E-state index >= 15 is 0 Å². The molecule has 2 atom stereocenters. The second-order valence-corrected chi connectivity index (χ2v) is 5.84. The van der Waals surface area contributed by atoms with E-state index in [1.807, 2.05) is 0 Å². The minimum Gasteiger partial charge on any atom is -0.468 e. The van der Waals surface area contributed by atoms with E-state index in [0.29, 0.717) is 16.3 Å². The van der Waals surface area contributed by atoms with Crippen molar-refractivity contribution < 1.29 is 17.9 Å². The zero-order chi connectivity index (χ0) is 14.0. The van der Waals surface area contributed by atoms with Crippen LogP contribution in [0.4, 0.5) is 5.88 Å². The van der Waals surface area contributed by atoms with E-state index in [2.05, 4.69) is 10.5 Å². The molecule has 0 bridgehead atoms. The largest absolute Gasteiger partial charge is 0.468 e. The van der Waals surface area contributed by atoms with E-state index < -0.39 is 22.0 Å². The molecule has 0 aliphatic heterocycles. The van der Waals surface area contributed by atoms with E-state index in [-0.39, 0.29) is 5.88 Å². The van der Waals surface area contributed by atoms with Gasteiger partial charge in [0.05, 0.1) is 27.7 Å². The van der Waals surface area contributed by atoms with Crippen molar-refractivity contribution in [2.75, 3.05) is 5.32 Å². The first-order chi connectivity index (χ1) is 8.99. The van der Waals surface area contributed by atoms with Crippen molar-refractivity contribution in [2.45, 2.75) is 30.9 Å². The molecule has 0 aromatic carbocycles. The summed E-state index contributed by atoms with van der Waals surface area (Å²) in [6, 6.07) is 3.20. The SMILES string of the molecule is Cc1cc(NC(=O)[C@@H](C)[S@](=O)c2ccoc2C)on1. The lowest BCUT2D eigenvalue weighted by atomic mass is 10.4. The molecule has 0 fully saturated rings. The molecule has 2 heterocycles. The molecule has 0 spiro atoms. The van der Waals surface area contributed by atoms with Crippen LogP contribution in [0.5, 0.6) is 0 Å². The van der Waals surface area contributed by atoms with Gasteiger partial charge in [-0.2, -0.15) is 0 Å². The Morgan fingerprint density at radius 1 is 1.47 bits per heavy atom. The Bertz CT molecular complexity index is 617. The lowest BCUT2D eigenvalue weighted by Crippen LogP contribution is -2.29. The maximum Gasteiger partial charge on any atom is 0.242 e. The number of hydrogen-bond donors (Lipinski definition) is 1. The first-order valence-corrected chi connectivity index (χ1v) is 6.89. The van der Waals surface area contributed by atoms with Crippen molar-refractivity contribution in [3.8, 4) is 0 Å². The van der Waals surface area contributed by atoms with Gasteiger partial charge < -0.3 is 8.94 Å². The van der Waals surface area contributed by atoms with Gasteiger partial charge in [0.15, 0.2) is 0 Å². The summed E-state index contributed by atoms with van der Waals surface area (Å²) in [6.07, 6.45) is 1.45. The average Bonchev–Trinajstić information content (AvgIpc) is 2.96. The highest BCUT2D eigenvalue weighted by Crippen LogP contribution is 2.18. The van der Waals surface area contributed by atoms with Crippen molar-refractivity contribution in [3.63, 3.8) is 0 Å². The van der Waals surface area contributed by atoms with Crippen LogP contribution in [-0.4, -0.2) is 20.5 Å². The van der Waals surface area contributed by atoms with E-state index in [1.54, 1.807) is 32.9 Å². The molecule has 2 aromatic heterocycles. The van der Waals surface area contributed by atoms with Crippen LogP contribution in [0.3, 0.4) is 0 Å². The third-order valence-corrected chi connectivity index (χ3v) is 4.31. The van der Waals surface area contributed by atoms with E-state index in [9.17, 15) is 9.00 Å². The highest BCUT2D eigenvalue weighted by atomic mass is 32.2. The molecule has 7 heteroatoms. The van der Waals surface area contributed by atoms with Crippen molar-refractivity contribution >= 4 is 22.6 Å². The van der Waals surface area contributed by atoms with Crippen LogP contribution in [0.2, 0.25) is 0 Å². The monoisotopic (exact) mass is 282 g/mol. The number of carbonyl (C=O) groups excluding carboxylic acids is 1. The fourth-order valence-corrected chi connectivity index (χ4v) is 2.67. The Morgan fingerprint density at radius 3 is 2.74 bits per heavy atom. The molecule has 19 heavy (non-hydrogen) atoms. The van der Waals surface area contributed by atoms with Gasteiger partial charge in [0.25, 0.3) is 0 Å². The highest BCUT2D eigenvalue weighted by Gasteiger charge is 2.24. The van der Waals surface area contributed by atoms with Gasteiger partial charge in [0.1, 0.15) is 11.0 Å². The summed E-state index contributed by atoms with van der Waals surface area (Å²) < 4.78 is 22.2. The Labute approximate surface area is 112 Å². The van der Waals surface area contributed by atoms with Crippen LogP contribution in [0.15, 0.2) is 32.2 Å². The third kappa shape index (κ3) is 2.93. The van der Waals surface area contributed by atoms with Gasteiger partial charge in [-0.15, -0.1) is 0 Å². The maximum atomic E-state index is 12.2. The van der Waals surface area contributed by atoms with Crippen molar-refractivity contribution in [3.05, 3.63) is 29.9 Å². The predicted molar refractivity (Wildman–Crippen MR) is 69.2 cm³/mol. The first kappa shape index (κ1) is 13.5. The lowest BCUT2D eigenvalue weighted by Gasteiger charge is -2.09. The molecule has 1 N–H and O–H groups in total. The maximum absolute atomic E-state index is 12.2. The summed E-state index contributed by atoms with van der Waals surface area (Å²) in [5.41, 5.74) is 0.662. The van der Waals surface area contributed by atoms with Crippen LogP contribution >= 0.6 is 0 Å². The van der Waals surface area contributed by atoms with Gasteiger partial charge in [-0.3, -0.25) is 14.3 Å². The molecule has 0 saturated heterocycles. The fourth-order valence-electron chi connectivity index (χ4n) is 1.52. The van der Waals surface area contributed by atoms with Crippen LogP contribution in [-0.2, 0) is 15.6 Å². The Balaban J connectivity index is 2.07. The van der Waals surface area contributed by atoms with Gasteiger partial charge >= 0.3 is 0 Å². The minimum atomic E-state index is -1.47. The van der Waals surface area contributed by atoms with Crippen molar-refractivity contribution in [1.82, 2.24) is 5.16 Å².